The van der Waals surface area contributed by atoms with E-state index < -0.39 is 16.1 Å². The molecule has 0 aromatic heterocycles. The van der Waals surface area contributed by atoms with Gasteiger partial charge >= 0.3 is 0 Å². The summed E-state index contributed by atoms with van der Waals surface area (Å²) in [5.74, 6) is 0.462. The van der Waals surface area contributed by atoms with Crippen LogP contribution in [0.25, 0.3) is 6.08 Å². The Morgan fingerprint density at radius 1 is 1.00 bits per heavy atom. The Bertz CT molecular complexity index is 1220. The molecule has 7 heteroatoms. The lowest BCUT2D eigenvalue weighted by atomic mass is 9.96. The molecule has 1 aliphatic heterocycles. The summed E-state index contributed by atoms with van der Waals surface area (Å²) in [5, 5.41) is 0. The molecule has 0 aliphatic carbocycles. The van der Waals surface area contributed by atoms with Gasteiger partial charge in [-0.2, -0.15) is 0 Å². The Morgan fingerprint density at radius 3 is 2.41 bits per heavy atom. The van der Waals surface area contributed by atoms with Crippen molar-refractivity contribution in [2.45, 2.75) is 24.5 Å². The fourth-order valence-electron chi connectivity index (χ4n) is 3.83. The van der Waals surface area contributed by atoms with Gasteiger partial charge in [-0.05, 0) is 42.3 Å². The van der Waals surface area contributed by atoms with Gasteiger partial charge in [-0.3, -0.25) is 4.31 Å². The van der Waals surface area contributed by atoms with E-state index in [9.17, 15) is 8.42 Å². The van der Waals surface area contributed by atoms with Crippen LogP contribution in [-0.4, -0.2) is 26.4 Å². The Kier molecular flexibility index (Phi) is 6.21. The van der Waals surface area contributed by atoms with Crippen LogP contribution in [0, 0.1) is 6.92 Å². The van der Waals surface area contributed by atoms with Gasteiger partial charge in [-0.1, -0.05) is 54.1 Å². The number of rotatable bonds is 7. The normalized spacial score (nSPS) is 15.4. The van der Waals surface area contributed by atoms with Crippen molar-refractivity contribution >= 4 is 21.8 Å². The number of methoxy groups -OCH3 is 1. The molecule has 0 saturated carbocycles. The summed E-state index contributed by atoms with van der Waals surface area (Å²) in [4.78, 5) is 0.215. The second kappa shape index (κ2) is 9.06. The van der Waals surface area contributed by atoms with Crippen LogP contribution < -0.4 is 10.5 Å². The minimum absolute atomic E-state index is 0.136. The van der Waals surface area contributed by atoms with Crippen molar-refractivity contribution in [1.29, 1.82) is 0 Å². The predicted molar refractivity (Wildman–Crippen MR) is 125 cm³/mol. The second-order valence-electron chi connectivity index (χ2n) is 7.67. The van der Waals surface area contributed by atoms with Crippen LogP contribution in [0.3, 0.4) is 0 Å². The van der Waals surface area contributed by atoms with E-state index in [2.05, 4.69) is 0 Å². The molecule has 0 radical (unpaired) electrons. The highest BCUT2D eigenvalue weighted by Crippen LogP contribution is 2.42. The fraction of sp³-hybridized carbons (Fsp3) is 0.200. The number of ether oxygens (including phenoxy) is 2. The molecular weight excluding hydrogens is 424 g/mol. The summed E-state index contributed by atoms with van der Waals surface area (Å²) >= 11 is 0. The van der Waals surface area contributed by atoms with Crippen LogP contribution in [0.2, 0.25) is 0 Å². The molecule has 3 aromatic carbocycles. The Balaban J connectivity index is 1.73. The quantitative estimate of drug-likeness (QED) is 0.535. The third-order valence-electron chi connectivity index (χ3n) is 5.49. The standard InChI is InChI=1S/C25H26N2O4S/c1-18-8-11-21(12-9-18)32(28,29)27-15-14-20-10-13-22(26)25(30-2)24(20)23(27)17-31-16-19-6-4-3-5-7-19/h3-15,23H,16-17,26H2,1-2H3. The monoisotopic (exact) mass is 450 g/mol. The van der Waals surface area contributed by atoms with E-state index in [1.165, 1.54) is 11.4 Å². The highest BCUT2D eigenvalue weighted by atomic mass is 32.2. The zero-order valence-electron chi connectivity index (χ0n) is 18.1. The van der Waals surface area contributed by atoms with Gasteiger partial charge in [0.1, 0.15) is 5.75 Å². The summed E-state index contributed by atoms with van der Waals surface area (Å²) < 4.78 is 40.1. The number of nitrogens with zero attached hydrogens (tertiary/aromatic N) is 1. The molecule has 32 heavy (non-hydrogen) atoms. The molecule has 1 unspecified atom stereocenters. The first kappa shape index (κ1) is 21.9. The lowest BCUT2D eigenvalue weighted by molar-refractivity contribution is 0.0846. The average molecular weight is 451 g/mol. The molecule has 1 heterocycles. The number of nitrogens with two attached hydrogens (primary N) is 1. The summed E-state index contributed by atoms with van der Waals surface area (Å²) in [6, 6.07) is 19.5. The molecule has 6 nitrogen and oxygen atoms in total. The first-order valence-corrected chi connectivity index (χ1v) is 11.7. The molecule has 2 N–H and O–H groups in total. The summed E-state index contributed by atoms with van der Waals surface area (Å²) in [7, 11) is -2.30. The van der Waals surface area contributed by atoms with Crippen LogP contribution >= 0.6 is 0 Å². The summed E-state index contributed by atoms with van der Waals surface area (Å²) in [6.45, 7) is 2.41. The van der Waals surface area contributed by atoms with Gasteiger partial charge in [0.15, 0.2) is 0 Å². The molecule has 4 rings (SSSR count). The van der Waals surface area contributed by atoms with Crippen molar-refractivity contribution in [2.75, 3.05) is 19.5 Å². The van der Waals surface area contributed by atoms with Crippen LogP contribution in [0.5, 0.6) is 5.75 Å². The van der Waals surface area contributed by atoms with Gasteiger partial charge in [0.05, 0.1) is 36.9 Å². The maximum absolute atomic E-state index is 13.6. The number of nitrogen functional groups attached to an aromatic ring is 1. The van der Waals surface area contributed by atoms with E-state index >= 15 is 0 Å². The van der Waals surface area contributed by atoms with Crippen LogP contribution in [0.4, 0.5) is 5.69 Å². The van der Waals surface area contributed by atoms with Crippen molar-refractivity contribution < 1.29 is 17.9 Å². The number of hydrogen-bond acceptors (Lipinski definition) is 5. The van der Waals surface area contributed by atoms with Gasteiger partial charge in [-0.15, -0.1) is 0 Å². The second-order valence-corrected chi connectivity index (χ2v) is 9.51. The Labute approximate surface area is 188 Å². The van der Waals surface area contributed by atoms with E-state index in [-0.39, 0.29) is 11.5 Å². The fourth-order valence-corrected chi connectivity index (χ4v) is 5.28. The number of hydrogen-bond donors (Lipinski definition) is 1. The first-order chi connectivity index (χ1) is 15.4. The number of fused-ring (bicyclic) bond motifs is 1. The van der Waals surface area contributed by atoms with Gasteiger partial charge in [-0.25, -0.2) is 8.42 Å². The first-order valence-electron chi connectivity index (χ1n) is 10.3. The maximum Gasteiger partial charge on any atom is 0.264 e. The summed E-state index contributed by atoms with van der Waals surface area (Å²) in [5.41, 5.74) is 10.1. The zero-order chi connectivity index (χ0) is 22.7. The largest absolute Gasteiger partial charge is 0.494 e. The van der Waals surface area contributed by atoms with E-state index in [0.29, 0.717) is 23.6 Å². The lowest BCUT2D eigenvalue weighted by Crippen LogP contribution is -2.35. The maximum atomic E-state index is 13.6. The molecule has 0 spiro atoms. The number of benzene rings is 3. The molecule has 0 amide bonds. The molecule has 1 aliphatic rings. The highest BCUT2D eigenvalue weighted by molar-refractivity contribution is 7.89. The molecule has 166 valence electrons. The van der Waals surface area contributed by atoms with Gasteiger partial charge in [0.2, 0.25) is 0 Å². The van der Waals surface area contributed by atoms with Crippen molar-refractivity contribution in [3.8, 4) is 5.75 Å². The van der Waals surface area contributed by atoms with E-state index in [1.54, 1.807) is 42.6 Å². The highest BCUT2D eigenvalue weighted by Gasteiger charge is 2.36. The lowest BCUT2D eigenvalue weighted by Gasteiger charge is -2.35. The topological polar surface area (TPSA) is 81.9 Å². The molecule has 1 atom stereocenters. The van der Waals surface area contributed by atoms with Gasteiger partial charge in [0, 0.05) is 11.8 Å². The SMILES string of the molecule is COc1c(N)ccc2c1C(COCc1ccccc1)N(S(=O)(=O)c1ccc(C)cc1)C=C2. The van der Waals surface area contributed by atoms with E-state index in [1.807, 2.05) is 43.3 Å². The van der Waals surface area contributed by atoms with E-state index in [0.717, 1.165) is 16.7 Å². The third kappa shape index (κ3) is 4.22. The zero-order valence-corrected chi connectivity index (χ0v) is 18.9. The molecule has 0 fully saturated rings. The molecule has 3 aromatic rings. The van der Waals surface area contributed by atoms with E-state index in [4.69, 9.17) is 15.2 Å². The minimum Gasteiger partial charge on any atom is -0.494 e. The van der Waals surface area contributed by atoms with Gasteiger partial charge < -0.3 is 15.2 Å². The van der Waals surface area contributed by atoms with Crippen LogP contribution in [0.1, 0.15) is 28.3 Å². The van der Waals surface area contributed by atoms with Gasteiger partial charge in [0.25, 0.3) is 10.0 Å². The third-order valence-corrected chi connectivity index (χ3v) is 7.29. The van der Waals surface area contributed by atoms with Crippen molar-refractivity contribution in [3.05, 3.63) is 95.2 Å². The van der Waals surface area contributed by atoms with Crippen molar-refractivity contribution in [1.82, 2.24) is 4.31 Å². The smallest absolute Gasteiger partial charge is 0.264 e. The molecule has 0 bridgehead atoms. The minimum atomic E-state index is -3.83. The predicted octanol–water partition coefficient (Wildman–Crippen LogP) is 4.52. The average Bonchev–Trinajstić information content (AvgIpc) is 2.80. The summed E-state index contributed by atoms with van der Waals surface area (Å²) in [6.07, 6.45) is 3.35. The number of sulfonamides is 1. The Hall–Kier alpha value is -3.29. The van der Waals surface area contributed by atoms with Crippen LogP contribution in [-0.2, 0) is 21.4 Å². The Morgan fingerprint density at radius 2 is 1.72 bits per heavy atom. The molecular formula is C25H26N2O4S. The molecule has 0 saturated heterocycles. The number of anilines is 1. The van der Waals surface area contributed by atoms with Crippen molar-refractivity contribution in [3.63, 3.8) is 0 Å². The van der Waals surface area contributed by atoms with Crippen LogP contribution in [0.15, 0.2) is 77.8 Å². The van der Waals surface area contributed by atoms with Crippen molar-refractivity contribution in [2.24, 2.45) is 0 Å². The number of aryl methyl sites for hydroxylation is 1.